The third-order valence-electron chi connectivity index (χ3n) is 3.73. The Balaban J connectivity index is 1.46. The van der Waals surface area contributed by atoms with Crippen LogP contribution in [0.5, 0.6) is 11.5 Å². The van der Waals surface area contributed by atoms with Crippen LogP contribution in [0.15, 0.2) is 42.5 Å². The van der Waals surface area contributed by atoms with Crippen molar-refractivity contribution in [2.45, 2.75) is 19.6 Å². The molecule has 1 aliphatic heterocycles. The molecule has 3 rings (SSSR count). The minimum Gasteiger partial charge on any atom is -0.486 e. The van der Waals surface area contributed by atoms with Crippen molar-refractivity contribution in [2.24, 2.45) is 0 Å². The number of aliphatic hydroxyl groups is 1. The molecular formula is C18H21NO3. The van der Waals surface area contributed by atoms with Gasteiger partial charge in [0, 0.05) is 6.54 Å². The van der Waals surface area contributed by atoms with Gasteiger partial charge in [-0.05, 0) is 41.8 Å². The zero-order valence-electron chi connectivity index (χ0n) is 12.5. The Morgan fingerprint density at radius 1 is 0.864 bits per heavy atom. The third-order valence-corrected chi connectivity index (χ3v) is 3.73. The lowest BCUT2D eigenvalue weighted by Gasteiger charge is -2.19. The van der Waals surface area contributed by atoms with Crippen LogP contribution in [0.3, 0.4) is 0 Å². The summed E-state index contributed by atoms with van der Waals surface area (Å²) in [6, 6.07) is 14.1. The number of hydrogen-bond donors (Lipinski definition) is 2. The van der Waals surface area contributed by atoms with E-state index in [2.05, 4.69) is 23.5 Å². The highest BCUT2D eigenvalue weighted by Gasteiger charge is 2.11. The van der Waals surface area contributed by atoms with E-state index in [1.165, 1.54) is 11.1 Å². The first kappa shape index (κ1) is 14.9. The maximum absolute atomic E-state index is 9.02. The normalized spacial score (nSPS) is 13.1. The Bertz CT molecular complexity index is 610. The summed E-state index contributed by atoms with van der Waals surface area (Å²) in [5.74, 6) is 1.67. The van der Waals surface area contributed by atoms with Crippen LogP contribution in [-0.4, -0.2) is 24.9 Å². The maximum atomic E-state index is 9.02. The molecule has 0 saturated heterocycles. The molecule has 4 heteroatoms. The Morgan fingerprint density at radius 3 is 2.32 bits per heavy atom. The van der Waals surface area contributed by atoms with Gasteiger partial charge in [-0.3, -0.25) is 0 Å². The van der Waals surface area contributed by atoms with E-state index in [1.54, 1.807) is 0 Å². The van der Waals surface area contributed by atoms with E-state index < -0.39 is 0 Å². The number of nitrogens with one attached hydrogen (secondary N) is 1. The molecule has 0 amide bonds. The summed E-state index contributed by atoms with van der Waals surface area (Å²) in [7, 11) is 0. The highest BCUT2D eigenvalue weighted by molar-refractivity contribution is 5.43. The molecule has 0 aromatic heterocycles. The van der Waals surface area contributed by atoms with Crippen LogP contribution in [0.25, 0.3) is 0 Å². The molecule has 22 heavy (non-hydrogen) atoms. The number of fused-ring (bicyclic) bond motifs is 1. The molecule has 2 aromatic carbocycles. The van der Waals surface area contributed by atoms with Crippen molar-refractivity contribution in [3.63, 3.8) is 0 Å². The van der Waals surface area contributed by atoms with Crippen molar-refractivity contribution in [1.82, 2.24) is 5.32 Å². The monoisotopic (exact) mass is 299 g/mol. The summed E-state index contributed by atoms with van der Waals surface area (Å²) < 4.78 is 11.1. The zero-order valence-corrected chi connectivity index (χ0v) is 12.5. The maximum Gasteiger partial charge on any atom is 0.161 e. The van der Waals surface area contributed by atoms with E-state index in [9.17, 15) is 0 Å². The fourth-order valence-corrected chi connectivity index (χ4v) is 2.47. The number of aliphatic hydroxyl groups excluding tert-OH is 1. The molecular weight excluding hydrogens is 278 g/mol. The van der Waals surface area contributed by atoms with Crippen LogP contribution in [0.4, 0.5) is 0 Å². The van der Waals surface area contributed by atoms with Gasteiger partial charge in [-0.1, -0.05) is 30.3 Å². The molecule has 1 aliphatic rings. The molecule has 2 aromatic rings. The van der Waals surface area contributed by atoms with Gasteiger partial charge in [-0.15, -0.1) is 0 Å². The lowest BCUT2D eigenvalue weighted by Crippen LogP contribution is -2.18. The lowest BCUT2D eigenvalue weighted by molar-refractivity contribution is 0.171. The summed E-state index contributed by atoms with van der Waals surface area (Å²) in [4.78, 5) is 0. The van der Waals surface area contributed by atoms with Gasteiger partial charge in [-0.25, -0.2) is 0 Å². The van der Waals surface area contributed by atoms with Crippen LogP contribution in [0.2, 0.25) is 0 Å². The fourth-order valence-electron chi connectivity index (χ4n) is 2.47. The Kier molecular flexibility index (Phi) is 4.93. The molecule has 0 fully saturated rings. The number of hydrogen-bond acceptors (Lipinski definition) is 4. The largest absolute Gasteiger partial charge is 0.486 e. The molecule has 0 aliphatic carbocycles. The Morgan fingerprint density at radius 2 is 1.55 bits per heavy atom. The molecule has 2 N–H and O–H groups in total. The quantitative estimate of drug-likeness (QED) is 0.804. The van der Waals surface area contributed by atoms with Crippen LogP contribution in [0, 0.1) is 0 Å². The van der Waals surface area contributed by atoms with Gasteiger partial charge in [0.05, 0.1) is 6.61 Å². The first-order chi connectivity index (χ1) is 10.8. The molecule has 4 nitrogen and oxygen atoms in total. The second kappa shape index (κ2) is 7.29. The van der Waals surface area contributed by atoms with Crippen molar-refractivity contribution in [1.29, 1.82) is 0 Å². The summed E-state index contributed by atoms with van der Waals surface area (Å²) in [5.41, 5.74) is 3.42. The highest BCUT2D eigenvalue weighted by atomic mass is 16.6. The predicted molar refractivity (Wildman–Crippen MR) is 85.2 cm³/mol. The smallest absolute Gasteiger partial charge is 0.161 e. The molecule has 0 spiro atoms. The van der Waals surface area contributed by atoms with Gasteiger partial charge in [0.1, 0.15) is 13.2 Å². The van der Waals surface area contributed by atoms with Crippen LogP contribution in [0.1, 0.15) is 16.7 Å². The van der Waals surface area contributed by atoms with E-state index in [4.69, 9.17) is 14.6 Å². The lowest BCUT2D eigenvalue weighted by atomic mass is 10.1. The molecule has 116 valence electrons. The molecule has 0 bridgehead atoms. The summed E-state index contributed by atoms with van der Waals surface area (Å²) in [6.07, 6.45) is 0.969. The predicted octanol–water partition coefficient (Wildman–Crippen LogP) is 2.28. The molecule has 0 unspecified atom stereocenters. The van der Waals surface area contributed by atoms with E-state index in [-0.39, 0.29) is 6.61 Å². The summed E-state index contributed by atoms with van der Waals surface area (Å²) in [5, 5.41) is 12.5. The third kappa shape index (κ3) is 3.78. The van der Waals surface area contributed by atoms with Gasteiger partial charge in [0.25, 0.3) is 0 Å². The van der Waals surface area contributed by atoms with Crippen molar-refractivity contribution < 1.29 is 14.6 Å². The van der Waals surface area contributed by atoms with Gasteiger partial charge in [0.15, 0.2) is 11.5 Å². The Hall–Kier alpha value is -2.04. The van der Waals surface area contributed by atoms with Gasteiger partial charge >= 0.3 is 0 Å². The highest BCUT2D eigenvalue weighted by Crippen LogP contribution is 2.30. The zero-order chi connectivity index (χ0) is 15.2. The molecule has 0 atom stereocenters. The van der Waals surface area contributed by atoms with Gasteiger partial charge in [0.2, 0.25) is 0 Å². The second-order valence-electron chi connectivity index (χ2n) is 5.38. The number of benzene rings is 2. The van der Waals surface area contributed by atoms with E-state index in [0.717, 1.165) is 36.6 Å². The number of ether oxygens (including phenoxy) is 2. The molecule has 0 radical (unpaired) electrons. The van der Waals surface area contributed by atoms with Crippen LogP contribution >= 0.6 is 0 Å². The van der Waals surface area contributed by atoms with Crippen LogP contribution in [-0.2, 0) is 19.6 Å². The minimum atomic E-state index is 0.0998. The van der Waals surface area contributed by atoms with Crippen molar-refractivity contribution >= 4 is 0 Å². The van der Waals surface area contributed by atoms with E-state index in [0.29, 0.717) is 13.2 Å². The van der Waals surface area contributed by atoms with Crippen molar-refractivity contribution in [3.05, 3.63) is 59.2 Å². The van der Waals surface area contributed by atoms with E-state index >= 15 is 0 Å². The first-order valence-electron chi connectivity index (χ1n) is 7.63. The summed E-state index contributed by atoms with van der Waals surface area (Å²) >= 11 is 0. The first-order valence-corrected chi connectivity index (χ1v) is 7.63. The molecule has 1 heterocycles. The van der Waals surface area contributed by atoms with Crippen LogP contribution < -0.4 is 14.8 Å². The summed E-state index contributed by atoms with van der Waals surface area (Å²) in [6.45, 7) is 3.06. The Labute approximate surface area is 130 Å². The number of rotatable bonds is 6. The fraction of sp³-hybridized carbons (Fsp3) is 0.333. The van der Waals surface area contributed by atoms with Crippen molar-refractivity contribution in [3.8, 4) is 11.5 Å². The average molecular weight is 299 g/mol. The average Bonchev–Trinajstić information content (AvgIpc) is 2.59. The van der Waals surface area contributed by atoms with E-state index in [1.807, 2.05) is 24.3 Å². The van der Waals surface area contributed by atoms with Crippen molar-refractivity contribution in [2.75, 3.05) is 19.8 Å². The van der Waals surface area contributed by atoms with Gasteiger partial charge < -0.3 is 19.9 Å². The molecule has 0 saturated carbocycles. The second-order valence-corrected chi connectivity index (χ2v) is 5.38. The topological polar surface area (TPSA) is 50.7 Å². The SMILES string of the molecule is OCc1ccc(CCNCc2ccc3c(c2)OCCO3)cc1. The standard InChI is InChI=1S/C18H21NO3/c20-13-15-3-1-14(2-4-15)7-8-19-12-16-5-6-17-18(11-16)22-10-9-21-17/h1-6,11,19-20H,7-10,12-13H2. The van der Waals surface area contributed by atoms with Gasteiger partial charge in [-0.2, -0.15) is 0 Å². The minimum absolute atomic E-state index is 0.0998.